The number of phenolic OH excluding ortho intramolecular Hbond substituents is 1. The topological polar surface area (TPSA) is 93.2 Å². The zero-order valence-corrected chi connectivity index (χ0v) is 10.0. The Morgan fingerprint density at radius 2 is 2.32 bits per heavy atom. The van der Waals surface area contributed by atoms with E-state index in [4.69, 9.17) is 5.73 Å². The number of benzene rings is 1. The van der Waals surface area contributed by atoms with Crippen molar-refractivity contribution in [3.63, 3.8) is 0 Å². The van der Waals surface area contributed by atoms with Crippen LogP contribution in [0, 0.1) is 5.82 Å². The number of aromatic hydroxyl groups is 1. The Morgan fingerprint density at radius 3 is 3.05 bits per heavy atom. The number of nitrogens with one attached hydrogen (secondary N) is 1. The van der Waals surface area contributed by atoms with Crippen molar-refractivity contribution < 1.29 is 14.3 Å². The summed E-state index contributed by atoms with van der Waals surface area (Å²) in [4.78, 5) is 10.7. The lowest BCUT2D eigenvalue weighted by Crippen LogP contribution is -2.18. The number of hydrogen-bond donors (Lipinski definition) is 3. The first kappa shape index (κ1) is 12.9. The molecular weight excluding hydrogens is 251 g/mol. The smallest absolute Gasteiger partial charge is 0.239 e. The molecule has 2 aromatic rings. The molecule has 0 bridgehead atoms. The third kappa shape index (κ3) is 3.44. The molecule has 0 aliphatic carbocycles. The molecule has 0 fully saturated rings. The van der Waals surface area contributed by atoms with Gasteiger partial charge >= 0.3 is 0 Å². The van der Waals surface area contributed by atoms with Gasteiger partial charge in [-0.3, -0.25) is 9.48 Å². The van der Waals surface area contributed by atoms with Crippen molar-refractivity contribution in [2.45, 2.75) is 13.1 Å². The Bertz CT molecular complexity index is 597. The van der Waals surface area contributed by atoms with Crippen molar-refractivity contribution in [2.24, 2.45) is 5.73 Å². The van der Waals surface area contributed by atoms with Crippen LogP contribution < -0.4 is 11.1 Å². The van der Waals surface area contributed by atoms with Gasteiger partial charge in [-0.1, -0.05) is 0 Å². The number of aromatic nitrogens is 2. The second-order valence-corrected chi connectivity index (χ2v) is 4.02. The Kier molecular flexibility index (Phi) is 3.65. The summed E-state index contributed by atoms with van der Waals surface area (Å²) in [6, 6.07) is 3.72. The van der Waals surface area contributed by atoms with E-state index < -0.39 is 11.7 Å². The summed E-state index contributed by atoms with van der Waals surface area (Å²) in [6.07, 6.45) is 3.11. The molecule has 1 aromatic heterocycles. The quantitative estimate of drug-likeness (QED) is 0.745. The first-order valence-corrected chi connectivity index (χ1v) is 5.56. The first-order chi connectivity index (χ1) is 9.04. The molecular formula is C12H13FN4O2. The third-order valence-corrected chi connectivity index (χ3v) is 2.48. The molecule has 0 atom stereocenters. The number of hydrogen-bond acceptors (Lipinski definition) is 4. The van der Waals surface area contributed by atoms with Gasteiger partial charge in [-0.2, -0.15) is 5.10 Å². The van der Waals surface area contributed by atoms with Crippen LogP contribution in [0.15, 0.2) is 30.6 Å². The minimum atomic E-state index is -0.488. The summed E-state index contributed by atoms with van der Waals surface area (Å²) in [5, 5.41) is 16.4. The van der Waals surface area contributed by atoms with E-state index in [1.807, 2.05) is 0 Å². The van der Waals surface area contributed by atoms with Crippen LogP contribution in [0.5, 0.6) is 5.75 Å². The number of nitrogens with zero attached hydrogens (tertiary/aromatic N) is 2. The van der Waals surface area contributed by atoms with Crippen LogP contribution in [-0.4, -0.2) is 20.8 Å². The summed E-state index contributed by atoms with van der Waals surface area (Å²) in [6.45, 7) is 0.235. The third-order valence-electron chi connectivity index (χ3n) is 2.48. The Labute approximate surface area is 108 Å². The molecule has 100 valence electrons. The number of halogens is 1. The van der Waals surface area contributed by atoms with Crippen LogP contribution in [0.4, 0.5) is 10.1 Å². The number of anilines is 1. The second-order valence-electron chi connectivity index (χ2n) is 4.02. The standard InChI is InChI=1S/C12H13FN4O2/c13-9-1-2-11(18)8(3-9)4-15-10-5-16-17(6-10)7-12(14)19/h1-3,5-6,15,18H,4,7H2,(H2,14,19). The molecule has 0 aliphatic heterocycles. The van der Waals surface area contributed by atoms with Gasteiger partial charge in [-0.15, -0.1) is 0 Å². The van der Waals surface area contributed by atoms with Gasteiger partial charge in [0.25, 0.3) is 0 Å². The van der Waals surface area contributed by atoms with Crippen LogP contribution >= 0.6 is 0 Å². The molecule has 1 heterocycles. The Balaban J connectivity index is 2.00. The molecule has 6 nitrogen and oxygen atoms in total. The average Bonchev–Trinajstić information content (AvgIpc) is 2.77. The van der Waals surface area contributed by atoms with Crippen molar-refractivity contribution in [1.29, 1.82) is 0 Å². The van der Waals surface area contributed by atoms with E-state index in [1.165, 1.54) is 29.1 Å². The van der Waals surface area contributed by atoms with Gasteiger partial charge in [0.05, 0.1) is 11.9 Å². The van der Waals surface area contributed by atoms with Gasteiger partial charge in [-0.05, 0) is 18.2 Å². The number of nitrogens with two attached hydrogens (primary N) is 1. The number of rotatable bonds is 5. The van der Waals surface area contributed by atoms with Crippen molar-refractivity contribution in [1.82, 2.24) is 9.78 Å². The highest BCUT2D eigenvalue weighted by Gasteiger charge is 2.05. The Morgan fingerprint density at radius 1 is 1.53 bits per heavy atom. The maximum Gasteiger partial charge on any atom is 0.239 e. The van der Waals surface area contributed by atoms with E-state index in [-0.39, 0.29) is 18.8 Å². The molecule has 7 heteroatoms. The summed E-state index contributed by atoms with van der Waals surface area (Å²) < 4.78 is 14.4. The highest BCUT2D eigenvalue weighted by atomic mass is 19.1. The van der Waals surface area contributed by atoms with Gasteiger partial charge in [0, 0.05) is 18.3 Å². The van der Waals surface area contributed by atoms with Crippen LogP contribution in [0.2, 0.25) is 0 Å². The lowest BCUT2D eigenvalue weighted by molar-refractivity contribution is -0.118. The fourth-order valence-corrected chi connectivity index (χ4v) is 1.59. The van der Waals surface area contributed by atoms with Gasteiger partial charge in [0.1, 0.15) is 18.1 Å². The fraction of sp³-hybridized carbons (Fsp3) is 0.167. The second kappa shape index (κ2) is 5.38. The van der Waals surface area contributed by atoms with E-state index in [0.29, 0.717) is 11.3 Å². The van der Waals surface area contributed by atoms with E-state index in [0.717, 1.165) is 0 Å². The van der Waals surface area contributed by atoms with Gasteiger partial charge in [0.2, 0.25) is 5.91 Å². The molecule has 19 heavy (non-hydrogen) atoms. The van der Waals surface area contributed by atoms with Crippen molar-refractivity contribution in [2.75, 3.05) is 5.32 Å². The predicted octanol–water partition coefficient (Wildman–Crippen LogP) is 0.825. The number of primary amides is 1. The van der Waals surface area contributed by atoms with Crippen molar-refractivity contribution >= 4 is 11.6 Å². The summed E-state index contributed by atoms with van der Waals surface area (Å²) in [5.74, 6) is -0.894. The monoisotopic (exact) mass is 264 g/mol. The molecule has 1 amide bonds. The van der Waals surface area contributed by atoms with E-state index >= 15 is 0 Å². The lowest BCUT2D eigenvalue weighted by atomic mass is 10.2. The van der Waals surface area contributed by atoms with E-state index in [2.05, 4.69) is 10.4 Å². The molecule has 0 aliphatic rings. The summed E-state index contributed by atoms with van der Waals surface area (Å²) >= 11 is 0. The number of phenols is 1. The molecule has 0 saturated heterocycles. The zero-order chi connectivity index (χ0) is 13.8. The highest BCUT2D eigenvalue weighted by molar-refractivity contribution is 5.73. The van der Waals surface area contributed by atoms with Gasteiger partial charge < -0.3 is 16.2 Å². The molecule has 2 rings (SSSR count). The average molecular weight is 264 g/mol. The molecule has 0 saturated carbocycles. The maximum absolute atomic E-state index is 13.0. The maximum atomic E-state index is 13.0. The first-order valence-electron chi connectivity index (χ1n) is 5.56. The minimum absolute atomic E-state index is 0.00705. The normalized spacial score (nSPS) is 10.4. The number of carbonyl (C=O) groups is 1. The van der Waals surface area contributed by atoms with E-state index in [1.54, 1.807) is 6.20 Å². The minimum Gasteiger partial charge on any atom is -0.508 e. The van der Waals surface area contributed by atoms with Crippen LogP contribution in [0.3, 0.4) is 0 Å². The SMILES string of the molecule is NC(=O)Cn1cc(NCc2cc(F)ccc2O)cn1. The van der Waals surface area contributed by atoms with Gasteiger partial charge in [0.15, 0.2) is 0 Å². The zero-order valence-electron chi connectivity index (χ0n) is 10.0. The summed E-state index contributed by atoms with van der Waals surface area (Å²) in [7, 11) is 0. The Hall–Kier alpha value is -2.57. The van der Waals surface area contributed by atoms with Crippen molar-refractivity contribution in [3.05, 3.63) is 42.0 Å². The van der Waals surface area contributed by atoms with Crippen LogP contribution in [0.1, 0.15) is 5.56 Å². The fourth-order valence-electron chi connectivity index (χ4n) is 1.59. The molecule has 0 spiro atoms. The lowest BCUT2D eigenvalue weighted by Gasteiger charge is -2.06. The van der Waals surface area contributed by atoms with Crippen LogP contribution in [0.25, 0.3) is 0 Å². The molecule has 0 unspecified atom stereocenters. The summed E-state index contributed by atoms with van der Waals surface area (Å²) in [5.41, 5.74) is 6.12. The predicted molar refractivity (Wildman–Crippen MR) is 66.8 cm³/mol. The largest absolute Gasteiger partial charge is 0.508 e. The van der Waals surface area contributed by atoms with Gasteiger partial charge in [-0.25, -0.2) is 4.39 Å². The molecule has 1 aromatic carbocycles. The van der Waals surface area contributed by atoms with E-state index in [9.17, 15) is 14.3 Å². The number of amides is 1. The molecule has 0 radical (unpaired) electrons. The van der Waals surface area contributed by atoms with Crippen molar-refractivity contribution in [3.8, 4) is 5.75 Å². The number of carbonyl (C=O) groups excluding carboxylic acids is 1. The van der Waals surface area contributed by atoms with Crippen LogP contribution in [-0.2, 0) is 17.9 Å². The molecule has 4 N–H and O–H groups in total. The highest BCUT2D eigenvalue weighted by Crippen LogP contribution is 2.19.